The average molecular weight is 782 g/mol. The number of halogens is 2. The van der Waals surface area contributed by atoms with E-state index in [1.165, 1.54) is 58.6 Å². The van der Waals surface area contributed by atoms with E-state index in [1.54, 1.807) is 10.4 Å². The maximum atomic E-state index is 2.99. The van der Waals surface area contributed by atoms with Gasteiger partial charge in [-0.05, 0) is 0 Å². The van der Waals surface area contributed by atoms with Crippen LogP contribution >= 0.6 is 0 Å². The molecule has 0 atom stereocenters. The Hall–Kier alpha value is -0.600. The Kier molecular flexibility index (Phi) is 17.9. The average Bonchev–Trinajstić information content (AvgIpc) is 3.74. The number of hydrogen-bond donors (Lipinski definition) is 0. The fourth-order valence-electron chi connectivity index (χ4n) is 5.99. The summed E-state index contributed by atoms with van der Waals surface area (Å²) in [4.78, 5) is 0. The van der Waals surface area contributed by atoms with E-state index in [1.807, 2.05) is 24.3 Å². The Morgan fingerprint density at radius 1 is 0.571 bits per heavy atom. The molecule has 0 saturated carbocycles. The van der Waals surface area contributed by atoms with E-state index in [-0.39, 0.29) is 77.2 Å². The first-order chi connectivity index (χ1) is 18.6. The summed E-state index contributed by atoms with van der Waals surface area (Å²) in [6, 6.07) is 33.0. The van der Waals surface area contributed by atoms with Crippen molar-refractivity contribution in [2.45, 2.75) is 63.0 Å². The van der Waals surface area contributed by atoms with Gasteiger partial charge in [0.1, 0.15) is 0 Å². The molecule has 2 aliphatic carbocycles. The van der Waals surface area contributed by atoms with Crippen LogP contribution in [0.2, 0.25) is 37.3 Å². The van der Waals surface area contributed by atoms with E-state index in [0.717, 1.165) is 12.8 Å². The van der Waals surface area contributed by atoms with Gasteiger partial charge in [-0.2, -0.15) is 36.4 Å². The summed E-state index contributed by atoms with van der Waals surface area (Å²) < 4.78 is 0. The third kappa shape index (κ3) is 9.70. The Morgan fingerprint density at radius 2 is 0.952 bits per heavy atom. The predicted molar refractivity (Wildman–Crippen MR) is 173 cm³/mol. The molecule has 0 N–H and O–H groups in total. The van der Waals surface area contributed by atoms with Gasteiger partial charge in [-0.25, -0.2) is 24.3 Å². The van der Waals surface area contributed by atoms with Crippen molar-refractivity contribution in [3.8, 4) is 0 Å². The number of fused-ring (bicyclic) bond motifs is 2. The van der Waals surface area contributed by atoms with Gasteiger partial charge in [0, 0.05) is 16.1 Å². The van der Waals surface area contributed by atoms with Crippen LogP contribution in [-0.4, -0.2) is 16.1 Å². The molecular weight excluding hydrogens is 742 g/mol. The summed E-state index contributed by atoms with van der Waals surface area (Å²) in [6.45, 7) is 5.08. The number of hydrogen-bond acceptors (Lipinski definition) is 0. The van der Waals surface area contributed by atoms with Gasteiger partial charge in [0.25, 0.3) is 0 Å². The molecule has 0 unspecified atom stereocenters. The van der Waals surface area contributed by atoms with Crippen LogP contribution < -0.4 is 35.2 Å². The van der Waals surface area contributed by atoms with Crippen molar-refractivity contribution in [1.29, 1.82) is 0 Å². The van der Waals surface area contributed by atoms with Crippen molar-refractivity contribution in [1.82, 2.24) is 0 Å². The van der Waals surface area contributed by atoms with Crippen LogP contribution in [0.4, 0.5) is 0 Å². The Balaban J connectivity index is 0.000000297. The summed E-state index contributed by atoms with van der Waals surface area (Å²) in [5.74, 6) is 0. The molecule has 2 heterocycles. The van der Waals surface area contributed by atoms with Crippen LogP contribution in [0.3, 0.4) is 0 Å². The first-order valence-corrected chi connectivity index (χ1v) is 20.2. The number of allylic oxidation sites excluding steroid dienone is 8. The SMILES string of the molecule is C[Si]1([c-]2ccc3ccccc32)CCC1.C[Si]1([c-]2ccc3ccccc32)CCC1.[C-]1=CC=CC1.[C-]1=CC=CC1.[Cl-].[Cl-].[Zr+2].[Zr+2]. The minimum absolute atomic E-state index is 0. The first kappa shape index (κ1) is 39.4. The second-order valence-electron chi connectivity index (χ2n) is 11.5. The predicted octanol–water partition coefficient (Wildman–Crippen LogP) is 3.11. The van der Waals surface area contributed by atoms with Crippen molar-refractivity contribution in [2.24, 2.45) is 0 Å². The molecule has 0 bridgehead atoms. The molecular formula is C36H40Cl2Si2Zr2-2. The second-order valence-corrected chi connectivity index (χ2v) is 20.8. The molecule has 0 amide bonds. The van der Waals surface area contributed by atoms with Gasteiger partial charge in [-0.3, -0.25) is 12.2 Å². The van der Waals surface area contributed by atoms with Gasteiger partial charge < -0.3 is 24.8 Å². The zero-order valence-corrected chi connectivity index (χ0v) is 33.2. The van der Waals surface area contributed by atoms with Crippen LogP contribution in [0.25, 0.3) is 21.5 Å². The molecule has 42 heavy (non-hydrogen) atoms. The van der Waals surface area contributed by atoms with E-state index in [4.69, 9.17) is 0 Å². The van der Waals surface area contributed by atoms with Crippen LogP contribution in [0, 0.1) is 12.2 Å². The first-order valence-electron chi connectivity index (χ1n) is 14.3. The van der Waals surface area contributed by atoms with Crippen LogP contribution in [-0.2, 0) is 52.4 Å². The summed E-state index contributed by atoms with van der Waals surface area (Å²) >= 11 is 0. The van der Waals surface area contributed by atoms with Gasteiger partial charge in [-0.1, -0.05) is 62.2 Å². The van der Waals surface area contributed by atoms with Crippen molar-refractivity contribution in [3.05, 3.63) is 121 Å². The monoisotopic (exact) mass is 778 g/mol. The molecule has 2 aliphatic heterocycles. The Labute approximate surface area is 306 Å². The number of rotatable bonds is 2. The van der Waals surface area contributed by atoms with Crippen molar-refractivity contribution >= 4 is 48.1 Å². The third-order valence-electron chi connectivity index (χ3n) is 8.75. The van der Waals surface area contributed by atoms with Gasteiger partial charge in [0.2, 0.25) is 0 Å². The molecule has 0 nitrogen and oxygen atoms in total. The van der Waals surface area contributed by atoms with E-state index >= 15 is 0 Å². The summed E-state index contributed by atoms with van der Waals surface area (Å²) in [7, 11) is -1.97. The van der Waals surface area contributed by atoms with Gasteiger partial charge in [-0.15, -0.1) is 81.2 Å². The minimum Gasteiger partial charge on any atom is -1.00 e. The molecule has 6 heteroatoms. The largest absolute Gasteiger partial charge is 2.00 e. The molecule has 0 aromatic heterocycles. The summed E-state index contributed by atoms with van der Waals surface area (Å²) in [6.07, 6.45) is 22.9. The second kappa shape index (κ2) is 19.0. The van der Waals surface area contributed by atoms with E-state index in [2.05, 4.69) is 110 Å². The molecule has 8 rings (SSSR count). The fourth-order valence-corrected chi connectivity index (χ4v) is 12.6. The van der Waals surface area contributed by atoms with Crippen LogP contribution in [0.1, 0.15) is 25.7 Å². The molecule has 4 aromatic rings. The van der Waals surface area contributed by atoms with Crippen LogP contribution in [0.15, 0.2) is 109 Å². The molecule has 0 spiro atoms. The maximum absolute atomic E-state index is 2.99. The standard InChI is InChI=1S/2C13H15Si.2C5H5.2ClH.2Zr/c2*1-14(9-4-10-14)13-8-7-11-5-2-3-6-12(11)13;2*1-2-4-5-3-1;;;;/h2*2-3,5-8H,4,9-10H2,1H3;2*1-3H,4H2;2*1H;;/q4*-1;;;2*+2/p-2. The van der Waals surface area contributed by atoms with E-state index in [9.17, 15) is 0 Å². The van der Waals surface area contributed by atoms with Crippen LogP contribution in [0.5, 0.6) is 0 Å². The molecule has 0 radical (unpaired) electrons. The Morgan fingerprint density at radius 3 is 1.21 bits per heavy atom. The van der Waals surface area contributed by atoms with Crippen molar-refractivity contribution in [2.75, 3.05) is 0 Å². The minimum atomic E-state index is -0.985. The van der Waals surface area contributed by atoms with E-state index < -0.39 is 16.1 Å². The van der Waals surface area contributed by atoms with Gasteiger partial charge in [0.15, 0.2) is 0 Å². The summed E-state index contributed by atoms with van der Waals surface area (Å²) in [5, 5.41) is 9.34. The summed E-state index contributed by atoms with van der Waals surface area (Å²) in [5.41, 5.74) is 0. The molecule has 216 valence electrons. The molecule has 2 saturated heterocycles. The third-order valence-corrected chi connectivity index (χ3v) is 18.0. The normalized spacial score (nSPS) is 17.2. The van der Waals surface area contributed by atoms with Gasteiger partial charge >= 0.3 is 52.4 Å². The zero-order valence-electron chi connectivity index (χ0n) is 24.8. The maximum Gasteiger partial charge on any atom is 2.00 e. The zero-order chi connectivity index (χ0) is 26.3. The smallest absolute Gasteiger partial charge is 1.00 e. The molecule has 2 fully saturated rings. The van der Waals surface area contributed by atoms with Gasteiger partial charge in [0.05, 0.1) is 0 Å². The quantitative estimate of drug-likeness (QED) is 0.217. The number of benzene rings is 2. The topological polar surface area (TPSA) is 0 Å². The Bertz CT molecular complexity index is 1340. The van der Waals surface area contributed by atoms with Crippen molar-refractivity contribution in [3.63, 3.8) is 0 Å². The van der Waals surface area contributed by atoms with Crippen molar-refractivity contribution < 1.29 is 77.2 Å². The molecule has 4 aliphatic rings. The molecule has 4 aromatic carbocycles. The fraction of sp³-hybridized carbons (Fsp3) is 0.278. The van der Waals surface area contributed by atoms with E-state index in [0.29, 0.717) is 0 Å².